The third kappa shape index (κ3) is 4.59. The van der Waals surface area contributed by atoms with Gasteiger partial charge in [-0.2, -0.15) is 19.6 Å². The van der Waals surface area contributed by atoms with Gasteiger partial charge in [0.1, 0.15) is 0 Å². The first kappa shape index (κ1) is 19.1. The molecule has 0 aromatic heterocycles. The Hall–Kier alpha value is -2.25. The lowest BCUT2D eigenvalue weighted by molar-refractivity contribution is -0.600. The topological polar surface area (TPSA) is 66.0 Å². The summed E-state index contributed by atoms with van der Waals surface area (Å²) in [6.07, 6.45) is 4.20. The van der Waals surface area contributed by atoms with Gasteiger partial charge in [-0.3, -0.25) is 4.79 Å². The largest absolute Gasteiger partial charge is 0.349 e. The maximum Gasteiger partial charge on any atom is 0.251 e. The lowest BCUT2D eigenvalue weighted by atomic mass is 9.95. The summed E-state index contributed by atoms with van der Waals surface area (Å²) in [5.41, 5.74) is 3.27. The molecule has 1 saturated carbocycles. The maximum absolute atomic E-state index is 12.4. The molecule has 2 fully saturated rings. The Morgan fingerprint density at radius 3 is 1.82 bits per heavy atom. The van der Waals surface area contributed by atoms with Crippen LogP contribution in [0.1, 0.15) is 71.7 Å². The molecule has 1 aliphatic heterocycles. The first-order chi connectivity index (χ1) is 13.7. The van der Waals surface area contributed by atoms with Crippen LogP contribution < -0.4 is 5.32 Å². The van der Waals surface area contributed by atoms with Gasteiger partial charge in [0.05, 0.1) is 0 Å². The molecule has 28 heavy (non-hydrogen) atoms. The zero-order valence-electron chi connectivity index (χ0n) is 15.9. The van der Waals surface area contributed by atoms with Crippen molar-refractivity contribution in [2.45, 2.75) is 57.6 Å². The molecule has 1 N–H and O–H groups in total. The average Bonchev–Trinajstić information content (AvgIpc) is 2.75. The zero-order valence-corrected chi connectivity index (χ0v) is 15.9. The molecule has 1 saturated heterocycles. The van der Waals surface area contributed by atoms with E-state index in [9.17, 15) is 4.79 Å². The number of rotatable bonds is 4. The second kappa shape index (κ2) is 8.84. The van der Waals surface area contributed by atoms with Crippen molar-refractivity contribution in [1.82, 2.24) is 5.32 Å². The van der Waals surface area contributed by atoms with Crippen LogP contribution >= 0.6 is 0 Å². The van der Waals surface area contributed by atoms with E-state index in [0.29, 0.717) is 11.1 Å². The molecule has 6 nitrogen and oxygen atoms in total. The van der Waals surface area contributed by atoms with Crippen LogP contribution in [-0.2, 0) is 19.6 Å². The number of aryl methyl sites for hydroxylation is 1. The van der Waals surface area contributed by atoms with Crippen LogP contribution in [0.4, 0.5) is 0 Å². The molecule has 1 amide bonds. The molecule has 0 unspecified atom stereocenters. The first-order valence-electron chi connectivity index (χ1n) is 9.81. The summed E-state index contributed by atoms with van der Waals surface area (Å²) in [4.78, 5) is 33.7. The highest BCUT2D eigenvalue weighted by Gasteiger charge is 2.28. The fourth-order valence-electron chi connectivity index (χ4n) is 3.49. The van der Waals surface area contributed by atoms with Crippen LogP contribution in [0.5, 0.6) is 0 Å². The van der Waals surface area contributed by atoms with Crippen molar-refractivity contribution in [2.75, 3.05) is 0 Å². The molecule has 0 spiro atoms. The molecule has 0 radical (unpaired) electrons. The van der Waals surface area contributed by atoms with Gasteiger partial charge in [-0.25, -0.2) is 0 Å². The minimum Gasteiger partial charge on any atom is -0.349 e. The van der Waals surface area contributed by atoms with Gasteiger partial charge in [-0.05, 0) is 31.9 Å². The van der Waals surface area contributed by atoms with Crippen LogP contribution in [0.2, 0.25) is 0 Å². The fraction of sp³-hybridized carbons (Fsp3) is 0.409. The summed E-state index contributed by atoms with van der Waals surface area (Å²) in [5.74, 6) is -0.0455. The van der Waals surface area contributed by atoms with Crippen molar-refractivity contribution in [2.24, 2.45) is 0 Å². The van der Waals surface area contributed by atoms with E-state index in [1.165, 1.54) is 19.3 Å². The Balaban J connectivity index is 1.31. The summed E-state index contributed by atoms with van der Waals surface area (Å²) in [5, 5.41) is 3.11. The number of hydrogen-bond acceptors (Lipinski definition) is 5. The number of benzene rings is 2. The Bertz CT molecular complexity index is 776. The number of nitrogens with one attached hydrogen (secondary N) is 1. The van der Waals surface area contributed by atoms with E-state index >= 15 is 0 Å². The standard InChI is InChI=1S/C22H25NO5/c1-15-7-9-17(10-8-15)21-25-27-22(28-26-21)18-13-11-16(12-14-18)20(24)23-19-5-3-2-4-6-19/h7-14,19,21-22H,2-6H2,1H3,(H,23,24). The molecule has 4 rings (SSSR count). The van der Waals surface area contributed by atoms with E-state index in [2.05, 4.69) is 5.32 Å². The fourth-order valence-corrected chi connectivity index (χ4v) is 3.49. The molecule has 0 atom stereocenters. The van der Waals surface area contributed by atoms with E-state index in [-0.39, 0.29) is 11.9 Å². The molecule has 1 heterocycles. The summed E-state index contributed by atoms with van der Waals surface area (Å²) in [7, 11) is 0. The number of carbonyl (C=O) groups excluding carboxylic acids is 1. The Kier molecular flexibility index (Phi) is 6.02. The Morgan fingerprint density at radius 2 is 1.29 bits per heavy atom. The predicted octanol–water partition coefficient (Wildman–Crippen LogP) is 4.66. The molecule has 2 aromatic carbocycles. The third-order valence-corrected chi connectivity index (χ3v) is 5.20. The highest BCUT2D eigenvalue weighted by Crippen LogP contribution is 2.32. The van der Waals surface area contributed by atoms with Gasteiger partial charge in [0.15, 0.2) is 0 Å². The molecular formula is C22H25NO5. The predicted molar refractivity (Wildman–Crippen MR) is 102 cm³/mol. The molecule has 2 aliphatic rings. The summed E-state index contributed by atoms with van der Waals surface area (Å²) in [6, 6.07) is 15.1. The number of amides is 1. The van der Waals surface area contributed by atoms with E-state index in [0.717, 1.165) is 24.0 Å². The van der Waals surface area contributed by atoms with Crippen LogP contribution in [0, 0.1) is 6.92 Å². The SMILES string of the molecule is Cc1ccc(C2OOC(c3ccc(C(=O)NC4CCCCC4)cc3)OO2)cc1. The first-order valence-corrected chi connectivity index (χ1v) is 9.81. The van der Waals surface area contributed by atoms with Gasteiger partial charge >= 0.3 is 0 Å². The second-order valence-corrected chi connectivity index (χ2v) is 7.39. The molecule has 148 valence electrons. The quantitative estimate of drug-likeness (QED) is 0.778. The lowest BCUT2D eigenvalue weighted by Gasteiger charge is -2.27. The van der Waals surface area contributed by atoms with Crippen LogP contribution in [0.3, 0.4) is 0 Å². The normalized spacial score (nSPS) is 23.3. The highest BCUT2D eigenvalue weighted by atomic mass is 17.4. The Morgan fingerprint density at radius 1 is 0.786 bits per heavy atom. The summed E-state index contributed by atoms with van der Waals surface area (Å²) in [6.45, 7) is 2.01. The average molecular weight is 383 g/mol. The van der Waals surface area contributed by atoms with Crippen molar-refractivity contribution in [3.05, 3.63) is 70.8 Å². The zero-order chi connectivity index (χ0) is 19.3. The van der Waals surface area contributed by atoms with Crippen LogP contribution in [0.25, 0.3) is 0 Å². The molecule has 2 aromatic rings. The highest BCUT2D eigenvalue weighted by molar-refractivity contribution is 5.94. The summed E-state index contributed by atoms with van der Waals surface area (Å²) < 4.78 is 0. The van der Waals surface area contributed by atoms with Gasteiger partial charge < -0.3 is 5.32 Å². The second-order valence-electron chi connectivity index (χ2n) is 7.39. The molecule has 6 heteroatoms. The van der Waals surface area contributed by atoms with Gasteiger partial charge in [0.25, 0.3) is 5.91 Å². The van der Waals surface area contributed by atoms with Gasteiger partial charge in [-0.1, -0.05) is 61.2 Å². The molecule has 1 aliphatic carbocycles. The van der Waals surface area contributed by atoms with Gasteiger partial charge in [0.2, 0.25) is 12.6 Å². The molecular weight excluding hydrogens is 358 g/mol. The monoisotopic (exact) mass is 383 g/mol. The number of hydrogen-bond donors (Lipinski definition) is 1. The number of carbonyl (C=O) groups is 1. The van der Waals surface area contributed by atoms with Crippen molar-refractivity contribution in [3.63, 3.8) is 0 Å². The van der Waals surface area contributed by atoms with Crippen molar-refractivity contribution in [1.29, 1.82) is 0 Å². The molecule has 0 bridgehead atoms. The van der Waals surface area contributed by atoms with Gasteiger partial charge in [0, 0.05) is 22.7 Å². The van der Waals surface area contributed by atoms with Crippen LogP contribution in [-0.4, -0.2) is 11.9 Å². The smallest absolute Gasteiger partial charge is 0.251 e. The van der Waals surface area contributed by atoms with E-state index < -0.39 is 12.6 Å². The maximum atomic E-state index is 12.4. The van der Waals surface area contributed by atoms with E-state index in [1.54, 1.807) is 24.3 Å². The van der Waals surface area contributed by atoms with Crippen molar-refractivity contribution >= 4 is 5.91 Å². The summed E-state index contributed by atoms with van der Waals surface area (Å²) >= 11 is 0. The third-order valence-electron chi connectivity index (χ3n) is 5.20. The Labute approximate surface area is 164 Å². The van der Waals surface area contributed by atoms with Crippen molar-refractivity contribution in [3.8, 4) is 0 Å². The van der Waals surface area contributed by atoms with E-state index in [1.807, 2.05) is 31.2 Å². The van der Waals surface area contributed by atoms with Crippen LogP contribution in [0.15, 0.2) is 48.5 Å². The van der Waals surface area contributed by atoms with Gasteiger partial charge in [-0.15, -0.1) is 0 Å². The lowest BCUT2D eigenvalue weighted by Crippen LogP contribution is -2.36. The minimum atomic E-state index is -0.808. The van der Waals surface area contributed by atoms with Crippen molar-refractivity contribution < 1.29 is 24.3 Å². The minimum absolute atomic E-state index is 0.0455. The van der Waals surface area contributed by atoms with E-state index in [4.69, 9.17) is 19.6 Å².